The molecule has 21 heavy (non-hydrogen) atoms. The summed E-state index contributed by atoms with van der Waals surface area (Å²) in [7, 11) is 1.97. The molecule has 3 heteroatoms. The summed E-state index contributed by atoms with van der Waals surface area (Å²) in [6.07, 6.45) is 1.82. The molecule has 1 aromatic heterocycles. The van der Waals surface area contributed by atoms with Crippen molar-refractivity contribution in [1.29, 1.82) is 0 Å². The Balaban J connectivity index is 2.11. The highest BCUT2D eigenvalue weighted by Gasteiger charge is 2.15. The summed E-state index contributed by atoms with van der Waals surface area (Å²) in [4.78, 5) is 4.44. The molecule has 0 bridgehead atoms. The van der Waals surface area contributed by atoms with Crippen molar-refractivity contribution >= 4 is 22.5 Å². The highest BCUT2D eigenvalue weighted by atomic mass is 35.5. The van der Waals surface area contributed by atoms with Crippen LogP contribution in [0.2, 0.25) is 5.02 Å². The van der Waals surface area contributed by atoms with Crippen LogP contribution in [0.4, 0.5) is 0 Å². The van der Waals surface area contributed by atoms with Gasteiger partial charge < -0.3 is 5.32 Å². The molecule has 0 saturated heterocycles. The fourth-order valence-corrected chi connectivity index (χ4v) is 2.88. The zero-order valence-electron chi connectivity index (χ0n) is 12.1. The van der Waals surface area contributed by atoms with Crippen molar-refractivity contribution in [2.75, 3.05) is 7.05 Å². The van der Waals surface area contributed by atoms with Crippen LogP contribution in [0.3, 0.4) is 0 Å². The maximum absolute atomic E-state index is 6.26. The lowest BCUT2D eigenvalue weighted by Gasteiger charge is -2.20. The minimum absolute atomic E-state index is 0.107. The standard InChI is InChI=1S/C18H17ClN2/c1-12-15(6-3-7-16(12)19)18(20-2)14-9-8-13-5-4-10-21-17(13)11-14/h3-11,18,20H,1-2H3. The van der Waals surface area contributed by atoms with Crippen molar-refractivity contribution in [2.24, 2.45) is 0 Å². The van der Waals surface area contributed by atoms with Crippen molar-refractivity contribution in [3.05, 3.63) is 76.4 Å². The van der Waals surface area contributed by atoms with E-state index in [1.165, 1.54) is 11.1 Å². The number of benzene rings is 2. The van der Waals surface area contributed by atoms with Gasteiger partial charge in [-0.3, -0.25) is 4.98 Å². The molecule has 0 aliphatic rings. The summed E-state index contributed by atoms with van der Waals surface area (Å²) in [5.41, 5.74) is 4.50. The summed E-state index contributed by atoms with van der Waals surface area (Å²) in [5.74, 6) is 0. The quantitative estimate of drug-likeness (QED) is 0.769. The first-order valence-electron chi connectivity index (χ1n) is 6.97. The van der Waals surface area contributed by atoms with Crippen LogP contribution in [0, 0.1) is 6.92 Å². The summed E-state index contributed by atoms with van der Waals surface area (Å²) in [6, 6.07) is 16.6. The lowest BCUT2D eigenvalue weighted by Crippen LogP contribution is -2.18. The first kappa shape index (κ1) is 14.1. The zero-order valence-corrected chi connectivity index (χ0v) is 12.9. The number of nitrogens with zero attached hydrogens (tertiary/aromatic N) is 1. The molecule has 1 heterocycles. The molecule has 0 aliphatic carbocycles. The van der Waals surface area contributed by atoms with Gasteiger partial charge in [0.15, 0.2) is 0 Å². The van der Waals surface area contributed by atoms with Gasteiger partial charge in [-0.1, -0.05) is 41.9 Å². The van der Waals surface area contributed by atoms with Crippen LogP contribution in [0.1, 0.15) is 22.7 Å². The molecule has 2 aromatic carbocycles. The average Bonchev–Trinajstić information content (AvgIpc) is 2.52. The number of nitrogens with one attached hydrogen (secondary N) is 1. The highest BCUT2D eigenvalue weighted by molar-refractivity contribution is 6.31. The normalized spacial score (nSPS) is 12.5. The number of hydrogen-bond acceptors (Lipinski definition) is 2. The third-order valence-corrected chi connectivity index (χ3v) is 4.28. The number of fused-ring (bicyclic) bond motifs is 1. The van der Waals surface area contributed by atoms with E-state index in [9.17, 15) is 0 Å². The van der Waals surface area contributed by atoms with Gasteiger partial charge in [0.1, 0.15) is 0 Å². The number of aromatic nitrogens is 1. The average molecular weight is 297 g/mol. The Morgan fingerprint density at radius 1 is 1.10 bits per heavy atom. The molecule has 3 aromatic rings. The van der Waals surface area contributed by atoms with E-state index in [2.05, 4.69) is 47.6 Å². The predicted molar refractivity (Wildman–Crippen MR) is 88.8 cm³/mol. The molecule has 106 valence electrons. The predicted octanol–water partition coefficient (Wildman–Crippen LogP) is 4.51. The fraction of sp³-hybridized carbons (Fsp3) is 0.167. The largest absolute Gasteiger partial charge is 0.309 e. The molecule has 0 radical (unpaired) electrons. The Hall–Kier alpha value is -1.90. The molecule has 0 aliphatic heterocycles. The van der Waals surface area contributed by atoms with Crippen LogP contribution in [-0.2, 0) is 0 Å². The van der Waals surface area contributed by atoms with E-state index in [4.69, 9.17) is 11.6 Å². The molecule has 0 amide bonds. The maximum atomic E-state index is 6.26. The monoisotopic (exact) mass is 296 g/mol. The third kappa shape index (κ3) is 2.65. The van der Waals surface area contributed by atoms with Crippen LogP contribution in [0.15, 0.2) is 54.7 Å². The molecule has 1 unspecified atom stereocenters. The van der Waals surface area contributed by atoms with E-state index < -0.39 is 0 Å². The Bertz CT molecular complexity index is 783. The first-order valence-corrected chi connectivity index (χ1v) is 7.35. The third-order valence-electron chi connectivity index (χ3n) is 3.87. The second-order valence-electron chi connectivity index (χ2n) is 5.13. The lowest BCUT2D eigenvalue weighted by atomic mass is 9.94. The van der Waals surface area contributed by atoms with E-state index >= 15 is 0 Å². The van der Waals surface area contributed by atoms with E-state index in [0.717, 1.165) is 21.5 Å². The zero-order chi connectivity index (χ0) is 14.8. The van der Waals surface area contributed by atoms with Crippen LogP contribution < -0.4 is 5.32 Å². The van der Waals surface area contributed by atoms with Gasteiger partial charge in [-0.05, 0) is 48.9 Å². The molecule has 0 spiro atoms. The van der Waals surface area contributed by atoms with Crippen molar-refractivity contribution in [1.82, 2.24) is 10.3 Å². The Labute approximate surface area is 129 Å². The van der Waals surface area contributed by atoms with E-state index in [1.807, 2.05) is 31.4 Å². The van der Waals surface area contributed by atoms with Gasteiger partial charge in [-0.2, -0.15) is 0 Å². The summed E-state index contributed by atoms with van der Waals surface area (Å²) in [6.45, 7) is 2.06. The van der Waals surface area contributed by atoms with Crippen molar-refractivity contribution in [3.8, 4) is 0 Å². The van der Waals surface area contributed by atoms with Gasteiger partial charge in [0.25, 0.3) is 0 Å². The second-order valence-corrected chi connectivity index (χ2v) is 5.54. The molecule has 0 fully saturated rings. The summed E-state index contributed by atoms with van der Waals surface area (Å²) >= 11 is 6.26. The van der Waals surface area contributed by atoms with Gasteiger partial charge in [0.2, 0.25) is 0 Å². The summed E-state index contributed by atoms with van der Waals surface area (Å²) in [5, 5.41) is 5.33. The van der Waals surface area contributed by atoms with E-state index in [-0.39, 0.29) is 6.04 Å². The second kappa shape index (κ2) is 5.84. The Morgan fingerprint density at radius 2 is 1.95 bits per heavy atom. The smallest absolute Gasteiger partial charge is 0.0705 e. The number of hydrogen-bond donors (Lipinski definition) is 1. The van der Waals surface area contributed by atoms with Crippen LogP contribution in [0.5, 0.6) is 0 Å². The molecule has 2 nitrogen and oxygen atoms in total. The van der Waals surface area contributed by atoms with Gasteiger partial charge in [-0.15, -0.1) is 0 Å². The van der Waals surface area contributed by atoms with Crippen LogP contribution in [-0.4, -0.2) is 12.0 Å². The van der Waals surface area contributed by atoms with Crippen molar-refractivity contribution < 1.29 is 0 Å². The minimum atomic E-state index is 0.107. The van der Waals surface area contributed by atoms with E-state index in [0.29, 0.717) is 0 Å². The van der Waals surface area contributed by atoms with Crippen LogP contribution >= 0.6 is 11.6 Å². The van der Waals surface area contributed by atoms with Gasteiger partial charge >= 0.3 is 0 Å². The van der Waals surface area contributed by atoms with Crippen molar-refractivity contribution in [3.63, 3.8) is 0 Å². The number of rotatable bonds is 3. The highest BCUT2D eigenvalue weighted by Crippen LogP contribution is 2.29. The van der Waals surface area contributed by atoms with Gasteiger partial charge in [0.05, 0.1) is 11.6 Å². The Kier molecular flexibility index (Phi) is 3.91. The maximum Gasteiger partial charge on any atom is 0.0705 e. The van der Waals surface area contributed by atoms with Gasteiger partial charge in [0, 0.05) is 16.6 Å². The minimum Gasteiger partial charge on any atom is -0.309 e. The fourth-order valence-electron chi connectivity index (χ4n) is 2.70. The van der Waals surface area contributed by atoms with Crippen molar-refractivity contribution in [2.45, 2.75) is 13.0 Å². The number of halogens is 1. The number of pyridine rings is 1. The molecule has 3 rings (SSSR count). The molecule has 1 N–H and O–H groups in total. The molecule has 0 saturated carbocycles. The molecular weight excluding hydrogens is 280 g/mol. The van der Waals surface area contributed by atoms with Crippen LogP contribution in [0.25, 0.3) is 10.9 Å². The summed E-state index contributed by atoms with van der Waals surface area (Å²) < 4.78 is 0. The topological polar surface area (TPSA) is 24.9 Å². The van der Waals surface area contributed by atoms with E-state index in [1.54, 1.807) is 0 Å². The SMILES string of the molecule is CNC(c1ccc2cccnc2c1)c1cccc(Cl)c1C. The Morgan fingerprint density at radius 3 is 2.76 bits per heavy atom. The van der Waals surface area contributed by atoms with Gasteiger partial charge in [-0.25, -0.2) is 0 Å². The first-order chi connectivity index (χ1) is 10.2. The lowest BCUT2D eigenvalue weighted by molar-refractivity contribution is 0.688. The molecule has 1 atom stereocenters. The molecular formula is C18H17ClN2.